The van der Waals surface area contributed by atoms with E-state index in [1.807, 2.05) is 37.3 Å². The average molecular weight is 519 g/mol. The second-order valence-corrected chi connectivity index (χ2v) is 10.1. The van der Waals surface area contributed by atoms with Gasteiger partial charge in [0.25, 0.3) is 10.0 Å². The van der Waals surface area contributed by atoms with Gasteiger partial charge in [0, 0.05) is 18.3 Å². The van der Waals surface area contributed by atoms with Crippen LogP contribution in [0.3, 0.4) is 0 Å². The molecule has 3 aromatic rings. The Balaban J connectivity index is 0.00000361. The van der Waals surface area contributed by atoms with E-state index in [1.54, 1.807) is 19.2 Å². The van der Waals surface area contributed by atoms with Crippen molar-refractivity contribution in [2.75, 3.05) is 23.9 Å². The summed E-state index contributed by atoms with van der Waals surface area (Å²) >= 11 is 0. The Morgan fingerprint density at radius 3 is 2.39 bits per heavy atom. The number of hydrogen-bond donors (Lipinski definition) is 3. The molecule has 0 spiro atoms. The molecule has 186 valence electrons. The number of methoxy groups -OCH3 is 1. The van der Waals surface area contributed by atoms with E-state index < -0.39 is 16.1 Å². The molecule has 0 saturated heterocycles. The second-order valence-electron chi connectivity index (χ2n) is 8.41. The first-order valence-electron chi connectivity index (χ1n) is 11.5. The molecule has 3 N–H and O–H groups in total. The first-order valence-corrected chi connectivity index (χ1v) is 13.0. The molecule has 1 heterocycles. The Morgan fingerprint density at radius 2 is 1.75 bits per heavy atom. The number of benzene rings is 3. The van der Waals surface area contributed by atoms with Gasteiger partial charge in [-0.3, -0.25) is 0 Å². The van der Waals surface area contributed by atoms with Crippen LogP contribution in [0.4, 0.5) is 21.9 Å². The molecule has 0 saturated carbocycles. The number of aryl methyl sites for hydroxylation is 1. The number of carbonyl (C=O) groups is 1. The SMILES string of the molecule is CCC1Nc2ccc(OC)cc2N1c1ccc(CCNC(=O)NS(=O)(=O)c2ccc(C)cc2)cc1.[NaH]. The van der Waals surface area contributed by atoms with Crippen LogP contribution in [0.5, 0.6) is 5.75 Å². The fourth-order valence-electron chi connectivity index (χ4n) is 4.05. The number of nitrogens with one attached hydrogen (secondary N) is 3. The Morgan fingerprint density at radius 1 is 1.06 bits per heavy atom. The van der Waals surface area contributed by atoms with Gasteiger partial charge in [0.05, 0.1) is 23.4 Å². The standard InChI is InChI=1S/C26H30N4O4S.Na.H/c1-4-25-28-23-14-11-21(34-3)17-24(23)30(25)20-9-7-19(8-10-20)15-16-27-26(31)29-35(32,33)22-12-5-18(2)6-13-22;;/h5-14,17,25,28H,4,15-16H2,1-3H3,(H2,27,29,31);;. The fourth-order valence-corrected chi connectivity index (χ4v) is 4.98. The number of ether oxygens (including phenoxy) is 1. The van der Waals surface area contributed by atoms with Gasteiger partial charge in [0.2, 0.25) is 0 Å². The van der Waals surface area contributed by atoms with Crippen LogP contribution in [0.25, 0.3) is 0 Å². The predicted molar refractivity (Wildman–Crippen MR) is 145 cm³/mol. The van der Waals surface area contributed by atoms with Gasteiger partial charge in [-0.25, -0.2) is 17.9 Å². The number of urea groups is 1. The van der Waals surface area contributed by atoms with Crippen molar-refractivity contribution in [1.29, 1.82) is 0 Å². The zero-order chi connectivity index (χ0) is 25.0. The molecule has 1 aliphatic rings. The maximum absolute atomic E-state index is 12.3. The fraction of sp³-hybridized carbons (Fsp3) is 0.269. The van der Waals surface area contributed by atoms with Crippen LogP contribution >= 0.6 is 0 Å². The summed E-state index contributed by atoms with van der Waals surface area (Å²) in [5, 5.41) is 6.16. The zero-order valence-corrected chi connectivity index (χ0v) is 20.9. The Hall–Kier alpha value is -2.72. The van der Waals surface area contributed by atoms with E-state index in [9.17, 15) is 13.2 Å². The molecule has 4 rings (SSSR count). The maximum atomic E-state index is 12.3. The van der Waals surface area contributed by atoms with Crippen LogP contribution in [-0.2, 0) is 16.4 Å². The van der Waals surface area contributed by atoms with Crippen LogP contribution in [0, 0.1) is 6.92 Å². The number of amides is 2. The third-order valence-electron chi connectivity index (χ3n) is 5.96. The molecule has 0 fully saturated rings. The average Bonchev–Trinajstić information content (AvgIpc) is 3.22. The van der Waals surface area contributed by atoms with Gasteiger partial charge in [-0.2, -0.15) is 0 Å². The summed E-state index contributed by atoms with van der Waals surface area (Å²) in [6, 6.07) is 19.7. The number of sulfonamides is 1. The molecular formula is C26H31N4NaO4S. The third kappa shape index (κ3) is 6.34. The Bertz CT molecular complexity index is 1300. The molecule has 0 aromatic heterocycles. The molecule has 1 aliphatic heterocycles. The van der Waals surface area contributed by atoms with Gasteiger partial charge < -0.3 is 20.3 Å². The zero-order valence-electron chi connectivity index (χ0n) is 20.0. The minimum absolute atomic E-state index is 0. The van der Waals surface area contributed by atoms with Crippen LogP contribution in [0.15, 0.2) is 71.6 Å². The third-order valence-corrected chi connectivity index (χ3v) is 7.30. The summed E-state index contributed by atoms with van der Waals surface area (Å²) in [7, 11) is -2.25. The molecule has 0 radical (unpaired) electrons. The van der Waals surface area contributed by atoms with Crippen LogP contribution in [0.2, 0.25) is 0 Å². The molecule has 1 atom stereocenters. The van der Waals surface area contributed by atoms with Crippen molar-refractivity contribution in [2.24, 2.45) is 0 Å². The predicted octanol–water partition coefficient (Wildman–Crippen LogP) is 3.89. The van der Waals surface area contributed by atoms with E-state index in [0.29, 0.717) is 13.0 Å². The molecular weight excluding hydrogens is 487 g/mol. The van der Waals surface area contributed by atoms with Gasteiger partial charge in [-0.1, -0.05) is 36.8 Å². The summed E-state index contributed by atoms with van der Waals surface area (Å²) in [6.07, 6.45) is 1.63. The second kappa shape index (κ2) is 12.0. The molecule has 3 aromatic carbocycles. The summed E-state index contributed by atoms with van der Waals surface area (Å²) in [5.74, 6) is 0.803. The van der Waals surface area contributed by atoms with E-state index in [0.717, 1.165) is 40.4 Å². The number of anilines is 3. The molecule has 0 bridgehead atoms. The minimum atomic E-state index is -3.91. The van der Waals surface area contributed by atoms with Crippen molar-refractivity contribution < 1.29 is 17.9 Å². The summed E-state index contributed by atoms with van der Waals surface area (Å²) in [5.41, 5.74) is 5.15. The van der Waals surface area contributed by atoms with Gasteiger partial charge in [-0.15, -0.1) is 0 Å². The van der Waals surface area contributed by atoms with E-state index in [2.05, 4.69) is 39.3 Å². The van der Waals surface area contributed by atoms with Gasteiger partial charge in [0.1, 0.15) is 11.9 Å². The quantitative estimate of drug-likeness (QED) is 0.392. The van der Waals surface area contributed by atoms with E-state index in [-0.39, 0.29) is 40.6 Å². The van der Waals surface area contributed by atoms with Gasteiger partial charge >= 0.3 is 35.6 Å². The van der Waals surface area contributed by atoms with Crippen molar-refractivity contribution in [3.05, 3.63) is 77.9 Å². The van der Waals surface area contributed by atoms with E-state index >= 15 is 0 Å². The van der Waals surface area contributed by atoms with Crippen molar-refractivity contribution in [1.82, 2.24) is 10.0 Å². The molecule has 2 amide bonds. The molecule has 0 aliphatic carbocycles. The number of fused-ring (bicyclic) bond motifs is 1. The summed E-state index contributed by atoms with van der Waals surface area (Å²) < 4.78 is 32.1. The van der Waals surface area contributed by atoms with Crippen molar-refractivity contribution >= 4 is 62.7 Å². The number of nitrogens with zero attached hydrogens (tertiary/aromatic N) is 1. The molecule has 36 heavy (non-hydrogen) atoms. The van der Waals surface area contributed by atoms with Crippen LogP contribution in [-0.4, -0.2) is 63.8 Å². The number of carbonyl (C=O) groups excluding carboxylic acids is 1. The molecule has 8 nitrogen and oxygen atoms in total. The monoisotopic (exact) mass is 518 g/mol. The first-order chi connectivity index (χ1) is 16.8. The number of rotatable bonds is 8. The van der Waals surface area contributed by atoms with Crippen LogP contribution in [0.1, 0.15) is 24.5 Å². The first kappa shape index (κ1) is 27.9. The van der Waals surface area contributed by atoms with E-state index in [4.69, 9.17) is 4.74 Å². The van der Waals surface area contributed by atoms with E-state index in [1.165, 1.54) is 12.1 Å². The van der Waals surface area contributed by atoms with Gasteiger partial charge in [-0.05, 0) is 61.7 Å². The summed E-state index contributed by atoms with van der Waals surface area (Å²) in [4.78, 5) is 14.4. The topological polar surface area (TPSA) is 99.8 Å². The normalized spacial score (nSPS) is 14.3. The Labute approximate surface area is 234 Å². The van der Waals surface area contributed by atoms with Crippen molar-refractivity contribution in [3.63, 3.8) is 0 Å². The molecule has 10 heteroatoms. The van der Waals surface area contributed by atoms with Crippen LogP contribution < -0.4 is 25.0 Å². The van der Waals surface area contributed by atoms with Crippen molar-refractivity contribution in [3.8, 4) is 5.75 Å². The number of hydrogen-bond acceptors (Lipinski definition) is 6. The Kier molecular flexibility index (Phi) is 9.30. The van der Waals surface area contributed by atoms with Gasteiger partial charge in [0.15, 0.2) is 0 Å². The summed E-state index contributed by atoms with van der Waals surface area (Å²) in [6.45, 7) is 4.30. The van der Waals surface area contributed by atoms with Crippen molar-refractivity contribution in [2.45, 2.75) is 37.8 Å². The molecule has 1 unspecified atom stereocenters.